The van der Waals surface area contributed by atoms with Gasteiger partial charge in [-0.1, -0.05) is 19.8 Å². The highest BCUT2D eigenvalue weighted by molar-refractivity contribution is 9.11. The largest absolute Gasteiger partial charge is 0.330 e. The van der Waals surface area contributed by atoms with Gasteiger partial charge in [0.1, 0.15) is 0 Å². The maximum atomic E-state index is 6.05. The number of hydrogen-bond donors (Lipinski definition) is 1. The van der Waals surface area contributed by atoms with Crippen molar-refractivity contribution < 1.29 is 0 Å². The molecule has 0 aliphatic heterocycles. The monoisotopic (exact) mass is 301 g/mol. The molecule has 1 fully saturated rings. The Kier molecular flexibility index (Phi) is 4.09. The van der Waals surface area contributed by atoms with E-state index >= 15 is 0 Å². The van der Waals surface area contributed by atoms with Gasteiger partial charge in [0.2, 0.25) is 0 Å². The fraction of sp³-hybridized carbons (Fsp3) is 0.692. The van der Waals surface area contributed by atoms with Gasteiger partial charge in [0.05, 0.1) is 3.79 Å². The molecule has 16 heavy (non-hydrogen) atoms. The van der Waals surface area contributed by atoms with Crippen LogP contribution in [0.2, 0.25) is 0 Å². The maximum absolute atomic E-state index is 6.05. The molecule has 0 radical (unpaired) electrons. The van der Waals surface area contributed by atoms with Gasteiger partial charge in [-0.25, -0.2) is 0 Å². The second-order valence-electron chi connectivity index (χ2n) is 5.29. The van der Waals surface area contributed by atoms with Crippen LogP contribution in [-0.2, 0) is 6.42 Å². The van der Waals surface area contributed by atoms with Gasteiger partial charge in [0.15, 0.2) is 0 Å². The summed E-state index contributed by atoms with van der Waals surface area (Å²) in [5, 5.41) is 0. The standard InChI is InChI=1S/C13H20BrNS/c1-10-3-2-6-13(7-10,9-15)8-11-4-5-12(14)16-11/h4-5,10H,2-3,6-9,15H2,1H3. The third-order valence-corrected chi connectivity index (χ3v) is 5.42. The van der Waals surface area contributed by atoms with Gasteiger partial charge < -0.3 is 5.73 Å². The summed E-state index contributed by atoms with van der Waals surface area (Å²) >= 11 is 5.39. The van der Waals surface area contributed by atoms with Crippen molar-refractivity contribution in [3.63, 3.8) is 0 Å². The first-order chi connectivity index (χ1) is 7.63. The van der Waals surface area contributed by atoms with Gasteiger partial charge in [-0.2, -0.15) is 0 Å². The zero-order valence-electron chi connectivity index (χ0n) is 9.84. The summed E-state index contributed by atoms with van der Waals surface area (Å²) in [5.74, 6) is 0.848. The van der Waals surface area contributed by atoms with E-state index in [0.29, 0.717) is 5.41 Å². The molecule has 2 rings (SSSR count). The van der Waals surface area contributed by atoms with E-state index < -0.39 is 0 Å². The molecule has 0 aromatic carbocycles. The Hall–Kier alpha value is 0.140. The second-order valence-corrected chi connectivity index (χ2v) is 7.84. The third-order valence-electron chi connectivity index (χ3n) is 3.80. The molecule has 2 atom stereocenters. The molecule has 2 unspecified atom stereocenters. The third kappa shape index (κ3) is 2.88. The van der Waals surface area contributed by atoms with Crippen LogP contribution in [0.3, 0.4) is 0 Å². The van der Waals surface area contributed by atoms with E-state index in [-0.39, 0.29) is 0 Å². The smallest absolute Gasteiger partial charge is 0.0701 e. The van der Waals surface area contributed by atoms with E-state index in [1.165, 1.54) is 40.8 Å². The van der Waals surface area contributed by atoms with Crippen molar-refractivity contribution in [3.8, 4) is 0 Å². The molecule has 0 amide bonds. The van der Waals surface area contributed by atoms with E-state index in [1.54, 1.807) is 0 Å². The van der Waals surface area contributed by atoms with Crippen LogP contribution in [0, 0.1) is 11.3 Å². The summed E-state index contributed by atoms with van der Waals surface area (Å²) in [6, 6.07) is 4.39. The van der Waals surface area contributed by atoms with Crippen LogP contribution in [0.15, 0.2) is 15.9 Å². The van der Waals surface area contributed by atoms with E-state index in [2.05, 4.69) is 35.0 Å². The predicted octanol–water partition coefficient (Wildman–Crippen LogP) is 4.21. The average molecular weight is 302 g/mol. The summed E-state index contributed by atoms with van der Waals surface area (Å²) in [6.07, 6.45) is 6.52. The molecule has 1 nitrogen and oxygen atoms in total. The minimum Gasteiger partial charge on any atom is -0.330 e. The van der Waals surface area contributed by atoms with Gasteiger partial charge in [-0.05, 0) is 65.2 Å². The Bertz CT molecular complexity index is 349. The van der Waals surface area contributed by atoms with E-state index in [0.717, 1.165) is 12.5 Å². The lowest BCUT2D eigenvalue weighted by Gasteiger charge is -2.39. The fourth-order valence-electron chi connectivity index (χ4n) is 3.00. The molecule has 3 heteroatoms. The van der Waals surface area contributed by atoms with Crippen molar-refractivity contribution in [1.29, 1.82) is 0 Å². The molecule has 1 aliphatic carbocycles. The molecule has 1 aromatic rings. The maximum Gasteiger partial charge on any atom is 0.0701 e. The van der Waals surface area contributed by atoms with Crippen molar-refractivity contribution in [2.75, 3.05) is 6.54 Å². The predicted molar refractivity (Wildman–Crippen MR) is 74.8 cm³/mol. The summed E-state index contributed by atoms with van der Waals surface area (Å²) in [7, 11) is 0. The van der Waals surface area contributed by atoms with Gasteiger partial charge in [-0.3, -0.25) is 0 Å². The van der Waals surface area contributed by atoms with Crippen LogP contribution < -0.4 is 5.73 Å². The van der Waals surface area contributed by atoms with E-state index in [9.17, 15) is 0 Å². The topological polar surface area (TPSA) is 26.0 Å². The molecule has 2 N–H and O–H groups in total. The quantitative estimate of drug-likeness (QED) is 0.889. The Morgan fingerprint density at radius 2 is 2.38 bits per heavy atom. The lowest BCUT2D eigenvalue weighted by Crippen LogP contribution is -2.37. The molecule has 0 saturated heterocycles. The normalized spacial score (nSPS) is 30.6. The minimum absolute atomic E-state index is 0.377. The van der Waals surface area contributed by atoms with Crippen LogP contribution in [0.25, 0.3) is 0 Å². The lowest BCUT2D eigenvalue weighted by molar-refractivity contribution is 0.155. The van der Waals surface area contributed by atoms with Crippen molar-refractivity contribution in [3.05, 3.63) is 20.8 Å². The summed E-state index contributed by atoms with van der Waals surface area (Å²) in [5.41, 5.74) is 6.42. The van der Waals surface area contributed by atoms with E-state index in [4.69, 9.17) is 5.73 Å². The van der Waals surface area contributed by atoms with Crippen LogP contribution in [0.5, 0.6) is 0 Å². The molecule has 90 valence electrons. The minimum atomic E-state index is 0.377. The lowest BCUT2D eigenvalue weighted by atomic mass is 9.68. The van der Waals surface area contributed by atoms with Gasteiger partial charge in [0.25, 0.3) is 0 Å². The zero-order chi connectivity index (χ0) is 11.6. The Morgan fingerprint density at radius 1 is 1.56 bits per heavy atom. The highest BCUT2D eigenvalue weighted by Crippen LogP contribution is 2.42. The van der Waals surface area contributed by atoms with Crippen molar-refractivity contribution in [2.24, 2.45) is 17.1 Å². The first-order valence-corrected chi connectivity index (χ1v) is 7.69. The van der Waals surface area contributed by atoms with Crippen LogP contribution in [0.4, 0.5) is 0 Å². The molecule has 1 aliphatic rings. The SMILES string of the molecule is CC1CCCC(CN)(Cc2ccc(Br)s2)C1. The Balaban J connectivity index is 2.09. The zero-order valence-corrected chi connectivity index (χ0v) is 12.2. The number of thiophene rings is 1. The van der Waals surface area contributed by atoms with Crippen molar-refractivity contribution in [1.82, 2.24) is 0 Å². The second kappa shape index (κ2) is 5.19. The van der Waals surface area contributed by atoms with Crippen molar-refractivity contribution >= 4 is 27.3 Å². The molecule has 0 spiro atoms. The molecule has 1 saturated carbocycles. The molecule has 1 heterocycles. The van der Waals surface area contributed by atoms with Crippen LogP contribution in [-0.4, -0.2) is 6.54 Å². The van der Waals surface area contributed by atoms with Crippen LogP contribution >= 0.6 is 27.3 Å². The summed E-state index contributed by atoms with van der Waals surface area (Å²) < 4.78 is 1.23. The molecule has 0 bridgehead atoms. The number of halogens is 1. The van der Waals surface area contributed by atoms with Crippen LogP contribution in [0.1, 0.15) is 37.5 Å². The van der Waals surface area contributed by atoms with E-state index in [1.807, 2.05) is 11.3 Å². The Labute approximate surface area is 111 Å². The summed E-state index contributed by atoms with van der Waals surface area (Å²) in [6.45, 7) is 3.21. The van der Waals surface area contributed by atoms with Crippen molar-refractivity contribution in [2.45, 2.75) is 39.0 Å². The molecular formula is C13H20BrNS. The number of nitrogens with two attached hydrogens (primary N) is 1. The highest BCUT2D eigenvalue weighted by atomic mass is 79.9. The fourth-order valence-corrected chi connectivity index (χ4v) is 4.66. The highest BCUT2D eigenvalue weighted by Gasteiger charge is 2.34. The summed E-state index contributed by atoms with van der Waals surface area (Å²) in [4.78, 5) is 1.48. The first kappa shape index (κ1) is 12.6. The first-order valence-electron chi connectivity index (χ1n) is 6.08. The molecule has 1 aromatic heterocycles. The van der Waals surface area contributed by atoms with Gasteiger partial charge >= 0.3 is 0 Å². The van der Waals surface area contributed by atoms with Gasteiger partial charge in [0, 0.05) is 4.88 Å². The number of rotatable bonds is 3. The Morgan fingerprint density at radius 3 is 2.94 bits per heavy atom. The number of hydrogen-bond acceptors (Lipinski definition) is 2. The van der Waals surface area contributed by atoms with Gasteiger partial charge in [-0.15, -0.1) is 11.3 Å². The molecular weight excluding hydrogens is 282 g/mol. The average Bonchev–Trinajstić information content (AvgIpc) is 2.64.